The van der Waals surface area contributed by atoms with Crippen LogP contribution >= 0.6 is 11.3 Å². The Hall–Kier alpha value is -3.46. The van der Waals surface area contributed by atoms with E-state index in [1.165, 1.54) is 14.2 Å². The maximum absolute atomic E-state index is 12.3. The Labute approximate surface area is 164 Å². The number of hydrogen-bond donors (Lipinski definition) is 2. The van der Waals surface area contributed by atoms with Crippen molar-refractivity contribution in [2.45, 2.75) is 6.42 Å². The predicted octanol–water partition coefficient (Wildman–Crippen LogP) is 3.28. The molecule has 1 amide bonds. The minimum atomic E-state index is -0.0720. The van der Waals surface area contributed by atoms with Crippen LogP contribution in [0.1, 0.15) is 4.88 Å². The SMILES string of the molecule is COc1ncc(-c2n[nH]c3ccc(NC(=O)Cc4cccs4)cc23)c(OC)n1. The molecular weight excluding hydrogens is 378 g/mol. The number of ether oxygens (including phenoxy) is 2. The van der Waals surface area contributed by atoms with Crippen molar-refractivity contribution in [3.63, 3.8) is 0 Å². The molecule has 0 aliphatic rings. The smallest absolute Gasteiger partial charge is 0.319 e. The summed E-state index contributed by atoms with van der Waals surface area (Å²) in [6, 6.07) is 9.65. The summed E-state index contributed by atoms with van der Waals surface area (Å²) in [6.07, 6.45) is 1.94. The molecule has 0 atom stereocenters. The summed E-state index contributed by atoms with van der Waals surface area (Å²) in [5, 5.41) is 13.1. The molecule has 28 heavy (non-hydrogen) atoms. The van der Waals surface area contributed by atoms with Crippen molar-refractivity contribution in [3.05, 3.63) is 46.8 Å². The third-order valence-electron chi connectivity index (χ3n) is 4.12. The number of H-pyrrole nitrogens is 1. The number of nitrogens with zero attached hydrogens (tertiary/aromatic N) is 3. The van der Waals surface area contributed by atoms with Crippen molar-refractivity contribution in [1.82, 2.24) is 20.2 Å². The van der Waals surface area contributed by atoms with E-state index in [1.807, 2.05) is 35.7 Å². The number of carbonyl (C=O) groups excluding carboxylic acids is 1. The Morgan fingerprint density at radius 2 is 2.14 bits per heavy atom. The van der Waals surface area contributed by atoms with Crippen molar-refractivity contribution in [3.8, 4) is 23.1 Å². The molecular formula is C19H17N5O3S. The molecule has 0 bridgehead atoms. The molecule has 0 spiro atoms. The lowest BCUT2D eigenvalue weighted by Gasteiger charge is -2.07. The topological polar surface area (TPSA) is 102 Å². The van der Waals surface area contributed by atoms with Gasteiger partial charge in [0.05, 0.1) is 31.7 Å². The fourth-order valence-electron chi connectivity index (χ4n) is 2.84. The first kappa shape index (κ1) is 17.9. The largest absolute Gasteiger partial charge is 0.480 e. The Morgan fingerprint density at radius 1 is 1.25 bits per heavy atom. The third-order valence-corrected chi connectivity index (χ3v) is 5.00. The van der Waals surface area contributed by atoms with Crippen molar-refractivity contribution in [1.29, 1.82) is 0 Å². The van der Waals surface area contributed by atoms with Crippen molar-refractivity contribution in [2.24, 2.45) is 0 Å². The van der Waals surface area contributed by atoms with E-state index in [9.17, 15) is 4.79 Å². The second kappa shape index (κ2) is 7.65. The average Bonchev–Trinajstić information content (AvgIpc) is 3.36. The second-order valence-electron chi connectivity index (χ2n) is 5.92. The predicted molar refractivity (Wildman–Crippen MR) is 107 cm³/mol. The van der Waals surface area contributed by atoms with E-state index >= 15 is 0 Å². The van der Waals surface area contributed by atoms with Crippen LogP contribution in [0.15, 0.2) is 41.9 Å². The van der Waals surface area contributed by atoms with Gasteiger partial charge in [-0.1, -0.05) is 6.07 Å². The van der Waals surface area contributed by atoms with Gasteiger partial charge in [-0.2, -0.15) is 10.1 Å². The highest BCUT2D eigenvalue weighted by Crippen LogP contribution is 2.33. The highest BCUT2D eigenvalue weighted by molar-refractivity contribution is 7.10. The molecule has 0 radical (unpaired) electrons. The number of amides is 1. The summed E-state index contributed by atoms with van der Waals surface area (Å²) in [5.41, 5.74) is 2.76. The summed E-state index contributed by atoms with van der Waals surface area (Å²) < 4.78 is 10.4. The van der Waals surface area contributed by atoms with Gasteiger partial charge in [0.1, 0.15) is 5.69 Å². The van der Waals surface area contributed by atoms with Crippen LogP contribution in [0, 0.1) is 0 Å². The van der Waals surface area contributed by atoms with Crippen LogP contribution in [-0.4, -0.2) is 40.3 Å². The summed E-state index contributed by atoms with van der Waals surface area (Å²) in [4.78, 5) is 21.7. The molecule has 1 aromatic carbocycles. The summed E-state index contributed by atoms with van der Waals surface area (Å²) >= 11 is 1.56. The number of hydrogen-bond acceptors (Lipinski definition) is 7. The van der Waals surface area contributed by atoms with Gasteiger partial charge < -0.3 is 14.8 Å². The van der Waals surface area contributed by atoms with Crippen LogP contribution < -0.4 is 14.8 Å². The van der Waals surface area contributed by atoms with Crippen LogP contribution in [0.3, 0.4) is 0 Å². The van der Waals surface area contributed by atoms with Gasteiger partial charge in [-0.05, 0) is 29.6 Å². The highest BCUT2D eigenvalue weighted by Gasteiger charge is 2.17. The summed E-state index contributed by atoms with van der Waals surface area (Å²) in [6.45, 7) is 0. The van der Waals surface area contributed by atoms with Crippen LogP contribution in [0.2, 0.25) is 0 Å². The molecule has 2 N–H and O–H groups in total. The second-order valence-corrected chi connectivity index (χ2v) is 6.95. The number of aromatic nitrogens is 4. The van der Waals surface area contributed by atoms with Gasteiger partial charge in [-0.3, -0.25) is 9.89 Å². The normalized spacial score (nSPS) is 10.8. The van der Waals surface area contributed by atoms with Gasteiger partial charge in [0, 0.05) is 22.1 Å². The van der Waals surface area contributed by atoms with E-state index in [2.05, 4.69) is 25.5 Å². The zero-order valence-corrected chi connectivity index (χ0v) is 16.0. The number of benzene rings is 1. The van der Waals surface area contributed by atoms with Gasteiger partial charge in [-0.15, -0.1) is 11.3 Å². The van der Waals surface area contributed by atoms with E-state index in [0.717, 1.165) is 15.8 Å². The van der Waals surface area contributed by atoms with Gasteiger partial charge in [-0.25, -0.2) is 4.98 Å². The van der Waals surface area contributed by atoms with Crippen LogP contribution in [0.5, 0.6) is 11.9 Å². The zero-order valence-electron chi connectivity index (χ0n) is 15.2. The number of fused-ring (bicyclic) bond motifs is 1. The van der Waals surface area contributed by atoms with Crippen LogP contribution in [0.25, 0.3) is 22.2 Å². The number of aromatic amines is 1. The Bertz CT molecular complexity index is 1120. The first-order chi connectivity index (χ1) is 13.7. The molecule has 0 saturated heterocycles. The fraction of sp³-hybridized carbons (Fsp3) is 0.158. The number of anilines is 1. The van der Waals surface area contributed by atoms with E-state index in [1.54, 1.807) is 17.5 Å². The number of carbonyl (C=O) groups is 1. The van der Waals surface area contributed by atoms with E-state index in [4.69, 9.17) is 9.47 Å². The molecule has 0 fully saturated rings. The molecule has 0 aliphatic carbocycles. The van der Waals surface area contributed by atoms with Crippen LogP contribution in [-0.2, 0) is 11.2 Å². The molecule has 4 rings (SSSR count). The quantitative estimate of drug-likeness (QED) is 0.519. The molecule has 0 aliphatic heterocycles. The Morgan fingerprint density at radius 3 is 2.89 bits per heavy atom. The lowest BCUT2D eigenvalue weighted by molar-refractivity contribution is -0.115. The lowest BCUT2D eigenvalue weighted by Crippen LogP contribution is -2.13. The maximum atomic E-state index is 12.3. The molecule has 4 aromatic rings. The van der Waals surface area contributed by atoms with E-state index in [0.29, 0.717) is 29.2 Å². The van der Waals surface area contributed by atoms with Gasteiger partial charge in [0.25, 0.3) is 0 Å². The Kier molecular flexibility index (Phi) is 4.90. The maximum Gasteiger partial charge on any atom is 0.319 e. The first-order valence-corrected chi connectivity index (χ1v) is 9.31. The van der Waals surface area contributed by atoms with Crippen molar-refractivity contribution >= 4 is 33.8 Å². The minimum absolute atomic E-state index is 0.0720. The number of thiophene rings is 1. The molecule has 3 aromatic heterocycles. The van der Waals surface area contributed by atoms with E-state index < -0.39 is 0 Å². The van der Waals surface area contributed by atoms with Crippen molar-refractivity contribution < 1.29 is 14.3 Å². The summed E-state index contributed by atoms with van der Waals surface area (Å²) in [5.74, 6) is 0.282. The number of rotatable bonds is 6. The average molecular weight is 395 g/mol. The zero-order chi connectivity index (χ0) is 19.5. The van der Waals surface area contributed by atoms with Gasteiger partial charge >= 0.3 is 6.01 Å². The summed E-state index contributed by atoms with van der Waals surface area (Å²) in [7, 11) is 3.01. The molecule has 3 heterocycles. The molecule has 8 nitrogen and oxygen atoms in total. The Balaban J connectivity index is 1.66. The van der Waals surface area contributed by atoms with Crippen LogP contribution in [0.4, 0.5) is 5.69 Å². The van der Waals surface area contributed by atoms with E-state index in [-0.39, 0.29) is 11.9 Å². The first-order valence-electron chi connectivity index (χ1n) is 8.43. The fourth-order valence-corrected chi connectivity index (χ4v) is 3.54. The molecule has 142 valence electrons. The highest BCUT2D eigenvalue weighted by atomic mass is 32.1. The minimum Gasteiger partial charge on any atom is -0.480 e. The number of methoxy groups -OCH3 is 2. The molecule has 0 unspecified atom stereocenters. The lowest BCUT2D eigenvalue weighted by atomic mass is 10.1. The standard InChI is InChI=1S/C19H17N5O3S/c1-26-18-14(10-20-19(22-18)27-2)17-13-8-11(5-6-15(13)23-24-17)21-16(25)9-12-4-3-7-28-12/h3-8,10H,9H2,1-2H3,(H,21,25)(H,23,24). The van der Waals surface area contributed by atoms with Gasteiger partial charge in [0.15, 0.2) is 0 Å². The number of nitrogens with one attached hydrogen (secondary N) is 2. The third kappa shape index (κ3) is 3.52. The molecule has 0 saturated carbocycles. The van der Waals surface area contributed by atoms with Gasteiger partial charge in [0.2, 0.25) is 11.8 Å². The molecule has 9 heteroatoms. The van der Waals surface area contributed by atoms with Crippen molar-refractivity contribution in [2.75, 3.05) is 19.5 Å². The monoisotopic (exact) mass is 395 g/mol.